The van der Waals surface area contributed by atoms with Gasteiger partial charge in [0.05, 0.1) is 23.6 Å². The van der Waals surface area contributed by atoms with E-state index < -0.39 is 0 Å². The van der Waals surface area contributed by atoms with Crippen molar-refractivity contribution in [3.63, 3.8) is 0 Å². The summed E-state index contributed by atoms with van der Waals surface area (Å²) in [5.74, 6) is 0.436. The van der Waals surface area contributed by atoms with Gasteiger partial charge in [-0.05, 0) is 13.3 Å². The number of anilines is 1. The molecule has 0 aromatic carbocycles. The summed E-state index contributed by atoms with van der Waals surface area (Å²) >= 11 is 7.21. The van der Waals surface area contributed by atoms with Gasteiger partial charge < -0.3 is 10.1 Å². The topological polar surface area (TPSA) is 64.1 Å². The van der Waals surface area contributed by atoms with E-state index in [0.29, 0.717) is 22.6 Å². The van der Waals surface area contributed by atoms with E-state index in [4.69, 9.17) is 16.3 Å². The molecular formula is C11H16ClN3O2S. The van der Waals surface area contributed by atoms with Crippen LogP contribution >= 0.6 is 23.4 Å². The Kier molecular flexibility index (Phi) is 6.82. The zero-order valence-electron chi connectivity index (χ0n) is 10.4. The van der Waals surface area contributed by atoms with Crippen LogP contribution in [0.5, 0.6) is 0 Å². The highest BCUT2D eigenvalue weighted by Crippen LogP contribution is 2.25. The lowest BCUT2D eigenvalue weighted by Crippen LogP contribution is -2.08. The molecule has 0 bridgehead atoms. The van der Waals surface area contributed by atoms with Gasteiger partial charge in [-0.15, -0.1) is 0 Å². The van der Waals surface area contributed by atoms with Gasteiger partial charge in [0.15, 0.2) is 0 Å². The van der Waals surface area contributed by atoms with Crippen LogP contribution in [0.15, 0.2) is 11.2 Å². The number of nitrogens with zero attached hydrogens (tertiary/aromatic N) is 2. The van der Waals surface area contributed by atoms with Gasteiger partial charge in [0.2, 0.25) is 5.95 Å². The number of esters is 1. The Bertz CT molecular complexity index is 404. The normalized spacial score (nSPS) is 10.2. The number of halogens is 1. The van der Waals surface area contributed by atoms with Crippen LogP contribution in [0.2, 0.25) is 5.02 Å². The zero-order valence-corrected chi connectivity index (χ0v) is 12.0. The molecule has 100 valence electrons. The van der Waals surface area contributed by atoms with E-state index in [0.717, 1.165) is 13.0 Å². The maximum atomic E-state index is 11.2. The van der Waals surface area contributed by atoms with Crippen molar-refractivity contribution in [2.45, 2.75) is 25.3 Å². The molecule has 0 unspecified atom stereocenters. The fourth-order valence-electron chi connectivity index (χ4n) is 1.10. The summed E-state index contributed by atoms with van der Waals surface area (Å²) in [5.41, 5.74) is 0. The minimum Gasteiger partial charge on any atom is -0.465 e. The second kappa shape index (κ2) is 8.16. The third-order valence-electron chi connectivity index (χ3n) is 1.88. The average Bonchev–Trinajstić information content (AvgIpc) is 2.36. The van der Waals surface area contributed by atoms with E-state index in [1.54, 1.807) is 6.92 Å². The van der Waals surface area contributed by atoms with Gasteiger partial charge in [-0.1, -0.05) is 30.3 Å². The van der Waals surface area contributed by atoms with Crippen LogP contribution in [-0.4, -0.2) is 34.8 Å². The Morgan fingerprint density at radius 2 is 2.33 bits per heavy atom. The van der Waals surface area contributed by atoms with E-state index in [-0.39, 0.29) is 11.7 Å². The van der Waals surface area contributed by atoms with E-state index >= 15 is 0 Å². The molecule has 0 atom stereocenters. The highest BCUT2D eigenvalue weighted by molar-refractivity contribution is 8.00. The lowest BCUT2D eigenvalue weighted by Gasteiger charge is -2.06. The fraction of sp³-hybridized carbons (Fsp3) is 0.545. The van der Waals surface area contributed by atoms with Gasteiger partial charge in [-0.25, -0.2) is 9.97 Å². The first-order chi connectivity index (χ1) is 8.67. The second-order valence-corrected chi connectivity index (χ2v) is 4.74. The van der Waals surface area contributed by atoms with Crippen molar-refractivity contribution in [2.75, 3.05) is 24.2 Å². The predicted molar refractivity (Wildman–Crippen MR) is 73.2 cm³/mol. The largest absolute Gasteiger partial charge is 0.465 e. The third kappa shape index (κ3) is 5.10. The summed E-state index contributed by atoms with van der Waals surface area (Å²) in [5, 5.41) is 4.08. The van der Waals surface area contributed by atoms with Gasteiger partial charge in [0.1, 0.15) is 5.03 Å². The van der Waals surface area contributed by atoms with Gasteiger partial charge in [-0.2, -0.15) is 0 Å². The first-order valence-electron chi connectivity index (χ1n) is 5.72. The molecule has 0 radical (unpaired) electrons. The van der Waals surface area contributed by atoms with Crippen molar-refractivity contribution in [3.05, 3.63) is 11.2 Å². The predicted octanol–water partition coefficient (Wildman–Crippen LogP) is 2.61. The quantitative estimate of drug-likeness (QED) is 0.473. The van der Waals surface area contributed by atoms with Crippen molar-refractivity contribution < 1.29 is 9.53 Å². The zero-order chi connectivity index (χ0) is 13.4. The van der Waals surface area contributed by atoms with Crippen molar-refractivity contribution in [2.24, 2.45) is 0 Å². The molecule has 18 heavy (non-hydrogen) atoms. The number of ether oxygens (including phenoxy) is 1. The van der Waals surface area contributed by atoms with E-state index in [1.165, 1.54) is 18.0 Å². The average molecular weight is 290 g/mol. The highest BCUT2D eigenvalue weighted by Gasteiger charge is 2.09. The maximum absolute atomic E-state index is 11.2. The van der Waals surface area contributed by atoms with Gasteiger partial charge in [0.25, 0.3) is 0 Å². The van der Waals surface area contributed by atoms with Crippen LogP contribution in [0.25, 0.3) is 0 Å². The SMILES string of the molecule is CCCNc1ncc(Cl)c(SCC(=O)OCC)n1. The van der Waals surface area contributed by atoms with Crippen LogP contribution in [0, 0.1) is 0 Å². The minimum absolute atomic E-state index is 0.192. The first-order valence-corrected chi connectivity index (χ1v) is 7.08. The number of rotatable bonds is 7. The highest BCUT2D eigenvalue weighted by atomic mass is 35.5. The number of carbonyl (C=O) groups excluding carboxylic acids is 1. The molecule has 1 heterocycles. The van der Waals surface area contributed by atoms with Crippen molar-refractivity contribution in [3.8, 4) is 0 Å². The number of aromatic nitrogens is 2. The Morgan fingerprint density at radius 3 is 3.00 bits per heavy atom. The summed E-state index contributed by atoms with van der Waals surface area (Å²) in [7, 11) is 0. The summed E-state index contributed by atoms with van der Waals surface area (Å²) in [6, 6.07) is 0. The van der Waals surface area contributed by atoms with Gasteiger partial charge in [-0.3, -0.25) is 4.79 Å². The van der Waals surface area contributed by atoms with Crippen LogP contribution in [-0.2, 0) is 9.53 Å². The Morgan fingerprint density at radius 1 is 1.56 bits per heavy atom. The standard InChI is InChI=1S/C11H16ClN3O2S/c1-3-5-13-11-14-6-8(12)10(15-11)18-7-9(16)17-4-2/h6H,3-5,7H2,1-2H3,(H,13,14,15). The molecule has 0 saturated heterocycles. The molecule has 1 N–H and O–H groups in total. The number of nitrogens with one attached hydrogen (secondary N) is 1. The lowest BCUT2D eigenvalue weighted by molar-refractivity contribution is -0.139. The molecule has 7 heteroatoms. The number of hydrogen-bond donors (Lipinski definition) is 1. The van der Waals surface area contributed by atoms with Gasteiger partial charge in [0, 0.05) is 6.54 Å². The van der Waals surface area contributed by atoms with Gasteiger partial charge >= 0.3 is 5.97 Å². The van der Waals surface area contributed by atoms with Crippen molar-refractivity contribution >= 4 is 35.3 Å². The Hall–Kier alpha value is -1.01. The number of thioether (sulfide) groups is 1. The number of hydrogen-bond acceptors (Lipinski definition) is 6. The second-order valence-electron chi connectivity index (χ2n) is 3.37. The molecule has 0 amide bonds. The molecule has 0 aliphatic carbocycles. The molecule has 5 nitrogen and oxygen atoms in total. The van der Waals surface area contributed by atoms with Crippen LogP contribution < -0.4 is 5.32 Å². The molecule has 0 spiro atoms. The molecular weight excluding hydrogens is 274 g/mol. The molecule has 1 rings (SSSR count). The molecule has 0 aliphatic rings. The third-order valence-corrected chi connectivity index (χ3v) is 3.23. The van der Waals surface area contributed by atoms with Crippen LogP contribution in [0.3, 0.4) is 0 Å². The summed E-state index contributed by atoms with van der Waals surface area (Å²) < 4.78 is 4.84. The van der Waals surface area contributed by atoms with Crippen LogP contribution in [0.1, 0.15) is 20.3 Å². The molecule has 0 fully saturated rings. The summed E-state index contributed by atoms with van der Waals surface area (Å²) in [6.45, 7) is 5.00. The molecule has 0 saturated carbocycles. The first kappa shape index (κ1) is 15.0. The smallest absolute Gasteiger partial charge is 0.316 e. The van der Waals surface area contributed by atoms with E-state index in [1.807, 2.05) is 0 Å². The number of carbonyl (C=O) groups is 1. The Labute approximate surface area is 116 Å². The maximum Gasteiger partial charge on any atom is 0.316 e. The van der Waals surface area contributed by atoms with Crippen molar-refractivity contribution in [1.29, 1.82) is 0 Å². The fourth-order valence-corrected chi connectivity index (χ4v) is 2.04. The van der Waals surface area contributed by atoms with Crippen LogP contribution in [0.4, 0.5) is 5.95 Å². The molecule has 0 aliphatic heterocycles. The van der Waals surface area contributed by atoms with E-state index in [9.17, 15) is 4.79 Å². The monoisotopic (exact) mass is 289 g/mol. The van der Waals surface area contributed by atoms with Crippen molar-refractivity contribution in [1.82, 2.24) is 9.97 Å². The van der Waals surface area contributed by atoms with E-state index in [2.05, 4.69) is 22.2 Å². The Balaban J connectivity index is 2.60. The lowest BCUT2D eigenvalue weighted by atomic mass is 10.5. The minimum atomic E-state index is -0.278. The molecule has 1 aromatic rings. The molecule has 1 aromatic heterocycles. The summed E-state index contributed by atoms with van der Waals surface area (Å²) in [6.07, 6.45) is 2.51. The summed E-state index contributed by atoms with van der Waals surface area (Å²) in [4.78, 5) is 19.5.